The van der Waals surface area contributed by atoms with Gasteiger partial charge in [0.05, 0.1) is 22.1 Å². The van der Waals surface area contributed by atoms with Gasteiger partial charge in [0.15, 0.2) is 0 Å². The Bertz CT molecular complexity index is 2600. The molecule has 46 heavy (non-hydrogen) atoms. The van der Waals surface area contributed by atoms with Crippen LogP contribution in [0.1, 0.15) is 23.6 Å². The number of nitrogens with zero attached hydrogens (tertiary/aromatic N) is 2. The molecule has 9 aromatic rings. The van der Waals surface area contributed by atoms with Gasteiger partial charge in [-0.3, -0.25) is 0 Å². The number of hydrogen-bond donors (Lipinski definition) is 0. The molecule has 2 aromatic heterocycles. The van der Waals surface area contributed by atoms with Crippen LogP contribution in [-0.4, -0.2) is 9.13 Å². The molecule has 0 spiro atoms. The molecule has 1 unspecified atom stereocenters. The summed E-state index contributed by atoms with van der Waals surface area (Å²) >= 11 is 0. The van der Waals surface area contributed by atoms with Gasteiger partial charge in [-0.15, -0.1) is 0 Å². The first-order chi connectivity index (χ1) is 22.7. The minimum atomic E-state index is -0.235. The summed E-state index contributed by atoms with van der Waals surface area (Å²) in [5.74, 6) is 0. The SMILES string of the molecule is CC1(c2ccccc2)c2ccccc2-c2cc3c(cc21)c1ccccc1n3-c1cccc(-n2c3ccccc3c3ccccc32)c1. The fraction of sp³-hybridized carbons (Fsp3) is 0.0455. The van der Waals surface area contributed by atoms with Crippen LogP contribution in [0.2, 0.25) is 0 Å². The quantitative estimate of drug-likeness (QED) is 0.195. The minimum absolute atomic E-state index is 0.235. The first-order valence-electron chi connectivity index (χ1n) is 16.0. The predicted octanol–water partition coefficient (Wildman–Crippen LogP) is 11.2. The van der Waals surface area contributed by atoms with Crippen LogP contribution in [0, 0.1) is 0 Å². The number of benzene rings is 7. The average molecular weight is 587 g/mol. The molecule has 10 rings (SSSR count). The van der Waals surface area contributed by atoms with E-state index in [9.17, 15) is 0 Å². The Labute approximate surface area is 267 Å². The fourth-order valence-electron chi connectivity index (χ4n) is 8.28. The number of aromatic nitrogens is 2. The van der Waals surface area contributed by atoms with E-state index >= 15 is 0 Å². The number of fused-ring (bicyclic) bond motifs is 9. The summed E-state index contributed by atoms with van der Waals surface area (Å²) in [6.45, 7) is 2.40. The van der Waals surface area contributed by atoms with Crippen LogP contribution in [-0.2, 0) is 5.41 Å². The van der Waals surface area contributed by atoms with Gasteiger partial charge < -0.3 is 9.13 Å². The summed E-state index contributed by atoms with van der Waals surface area (Å²) in [6.07, 6.45) is 0. The smallest absolute Gasteiger partial charge is 0.0547 e. The zero-order chi connectivity index (χ0) is 30.4. The van der Waals surface area contributed by atoms with Crippen LogP contribution >= 0.6 is 0 Å². The van der Waals surface area contributed by atoms with E-state index in [0.29, 0.717) is 0 Å². The van der Waals surface area contributed by atoms with E-state index in [4.69, 9.17) is 0 Å². The number of para-hydroxylation sites is 3. The summed E-state index contributed by atoms with van der Waals surface area (Å²) < 4.78 is 4.87. The lowest BCUT2D eigenvalue weighted by Gasteiger charge is -2.28. The Hall–Kier alpha value is -5.86. The van der Waals surface area contributed by atoms with Crippen molar-refractivity contribution in [3.63, 3.8) is 0 Å². The molecule has 0 N–H and O–H groups in total. The monoisotopic (exact) mass is 586 g/mol. The highest BCUT2D eigenvalue weighted by molar-refractivity contribution is 6.12. The largest absolute Gasteiger partial charge is 0.309 e. The van der Waals surface area contributed by atoms with E-state index in [2.05, 4.69) is 180 Å². The van der Waals surface area contributed by atoms with Gasteiger partial charge in [0.2, 0.25) is 0 Å². The van der Waals surface area contributed by atoms with Gasteiger partial charge in [-0.1, -0.05) is 115 Å². The molecular weight excluding hydrogens is 556 g/mol. The molecule has 1 aliphatic rings. The highest BCUT2D eigenvalue weighted by atomic mass is 15.0. The van der Waals surface area contributed by atoms with E-state index in [0.717, 1.165) is 11.4 Å². The lowest BCUT2D eigenvalue weighted by Crippen LogP contribution is -2.22. The molecule has 0 fully saturated rings. The Morgan fingerprint density at radius 3 is 1.54 bits per heavy atom. The highest BCUT2D eigenvalue weighted by Gasteiger charge is 2.41. The van der Waals surface area contributed by atoms with Gasteiger partial charge in [0.1, 0.15) is 0 Å². The van der Waals surface area contributed by atoms with Crippen LogP contribution < -0.4 is 0 Å². The maximum Gasteiger partial charge on any atom is 0.0547 e. The average Bonchev–Trinajstić information content (AvgIpc) is 3.72. The molecule has 2 heteroatoms. The molecule has 0 radical (unpaired) electrons. The van der Waals surface area contributed by atoms with Gasteiger partial charge in [-0.05, 0) is 83.3 Å². The van der Waals surface area contributed by atoms with Crippen molar-refractivity contribution in [1.82, 2.24) is 9.13 Å². The molecule has 2 heterocycles. The molecule has 1 atom stereocenters. The fourth-order valence-corrected chi connectivity index (χ4v) is 8.28. The first-order valence-corrected chi connectivity index (χ1v) is 16.0. The Balaban J connectivity index is 1.26. The van der Waals surface area contributed by atoms with Crippen molar-refractivity contribution < 1.29 is 0 Å². The normalized spacial score (nSPS) is 15.6. The zero-order valence-corrected chi connectivity index (χ0v) is 25.5. The van der Waals surface area contributed by atoms with E-state index < -0.39 is 0 Å². The van der Waals surface area contributed by atoms with E-state index in [-0.39, 0.29) is 5.41 Å². The second-order valence-electron chi connectivity index (χ2n) is 12.7. The van der Waals surface area contributed by atoms with Crippen molar-refractivity contribution in [2.24, 2.45) is 0 Å². The van der Waals surface area contributed by atoms with E-state index in [1.165, 1.54) is 71.4 Å². The van der Waals surface area contributed by atoms with Crippen LogP contribution in [0.5, 0.6) is 0 Å². The minimum Gasteiger partial charge on any atom is -0.309 e. The highest BCUT2D eigenvalue weighted by Crippen LogP contribution is 2.54. The van der Waals surface area contributed by atoms with E-state index in [1.807, 2.05) is 0 Å². The summed E-state index contributed by atoms with van der Waals surface area (Å²) in [5, 5.41) is 5.10. The maximum atomic E-state index is 2.48. The molecular formula is C44H30N2. The van der Waals surface area contributed by atoms with Crippen molar-refractivity contribution in [1.29, 1.82) is 0 Å². The molecule has 0 bridgehead atoms. The number of rotatable bonds is 3. The molecule has 7 aromatic carbocycles. The van der Waals surface area contributed by atoms with Gasteiger partial charge >= 0.3 is 0 Å². The summed E-state index contributed by atoms with van der Waals surface area (Å²) in [7, 11) is 0. The zero-order valence-electron chi connectivity index (χ0n) is 25.5. The lowest BCUT2D eigenvalue weighted by molar-refractivity contribution is 0.715. The summed E-state index contributed by atoms with van der Waals surface area (Å²) in [5.41, 5.74) is 13.7. The standard InChI is InChI=1S/C44H30N2/c1-44(29-14-3-2-4-15-29)38-22-9-5-18-32(38)36-28-43-37(27-39(36)44)35-21-8-12-25-42(35)46(43)31-17-13-16-30(26-31)45-40-23-10-6-19-33(40)34-20-7-11-24-41(34)45/h2-28H,1H3. The van der Waals surface area contributed by atoms with Crippen molar-refractivity contribution in [2.45, 2.75) is 12.3 Å². The van der Waals surface area contributed by atoms with Gasteiger partial charge in [-0.25, -0.2) is 0 Å². The molecule has 216 valence electrons. The van der Waals surface area contributed by atoms with Crippen molar-refractivity contribution in [3.8, 4) is 22.5 Å². The molecule has 1 aliphatic carbocycles. The van der Waals surface area contributed by atoms with Crippen molar-refractivity contribution in [2.75, 3.05) is 0 Å². The van der Waals surface area contributed by atoms with Gasteiger partial charge in [0.25, 0.3) is 0 Å². The Morgan fingerprint density at radius 1 is 0.370 bits per heavy atom. The molecule has 2 nitrogen and oxygen atoms in total. The van der Waals surface area contributed by atoms with Crippen LogP contribution in [0.25, 0.3) is 66.1 Å². The van der Waals surface area contributed by atoms with Crippen LogP contribution in [0.15, 0.2) is 164 Å². The third kappa shape index (κ3) is 3.31. The molecule has 0 aliphatic heterocycles. The van der Waals surface area contributed by atoms with Gasteiger partial charge in [-0.2, -0.15) is 0 Å². The summed E-state index contributed by atoms with van der Waals surface area (Å²) in [6, 6.07) is 60.2. The van der Waals surface area contributed by atoms with E-state index in [1.54, 1.807) is 0 Å². The maximum absolute atomic E-state index is 2.48. The second-order valence-corrected chi connectivity index (χ2v) is 12.7. The molecule has 0 amide bonds. The lowest BCUT2D eigenvalue weighted by atomic mass is 9.74. The second kappa shape index (κ2) is 9.32. The number of hydrogen-bond acceptors (Lipinski definition) is 0. The van der Waals surface area contributed by atoms with Crippen molar-refractivity contribution >= 4 is 43.6 Å². The van der Waals surface area contributed by atoms with Crippen LogP contribution in [0.3, 0.4) is 0 Å². The predicted molar refractivity (Wildman–Crippen MR) is 193 cm³/mol. The van der Waals surface area contributed by atoms with Gasteiger partial charge in [0, 0.05) is 38.3 Å². The Kier molecular flexibility index (Phi) is 5.16. The van der Waals surface area contributed by atoms with Crippen LogP contribution in [0.4, 0.5) is 0 Å². The third-order valence-electron chi connectivity index (χ3n) is 10.4. The first kappa shape index (κ1) is 25.5. The van der Waals surface area contributed by atoms with Crippen molar-refractivity contribution in [3.05, 3.63) is 180 Å². The Morgan fingerprint density at radius 2 is 0.891 bits per heavy atom. The molecule has 0 saturated heterocycles. The third-order valence-corrected chi connectivity index (χ3v) is 10.4. The summed E-state index contributed by atoms with van der Waals surface area (Å²) in [4.78, 5) is 0. The topological polar surface area (TPSA) is 9.86 Å². The molecule has 0 saturated carbocycles.